The van der Waals surface area contributed by atoms with E-state index in [2.05, 4.69) is 94.1 Å². The van der Waals surface area contributed by atoms with E-state index in [9.17, 15) is 0 Å². The van der Waals surface area contributed by atoms with Crippen molar-refractivity contribution in [1.82, 2.24) is 0 Å². The van der Waals surface area contributed by atoms with Crippen LogP contribution in [0.2, 0.25) is 0 Å². The molecule has 0 fully saturated rings. The third kappa shape index (κ3) is 3.35. The molecule has 0 unspecified atom stereocenters. The molecular weight excluding hydrogens is 360 g/mol. The lowest BCUT2D eigenvalue weighted by Gasteiger charge is -2.32. The Hall–Kier alpha value is -2.86. The third-order valence-corrected chi connectivity index (χ3v) is 5.91. The van der Waals surface area contributed by atoms with Crippen LogP contribution in [0.15, 0.2) is 108 Å². The fourth-order valence-corrected chi connectivity index (χ4v) is 4.89. The van der Waals surface area contributed by atoms with Crippen molar-refractivity contribution in [2.75, 3.05) is 0 Å². The van der Waals surface area contributed by atoms with Gasteiger partial charge in [-0.05, 0) is 65.3 Å². The Balaban J connectivity index is 0.000000757. The van der Waals surface area contributed by atoms with Gasteiger partial charge in [0.05, 0.1) is 5.41 Å². The smallest absolute Gasteiger partial charge is 0.0645 e. The monoisotopic (exact) mass is 396 g/mol. The Morgan fingerprint density at radius 1 is 0.700 bits per heavy atom. The maximum absolute atomic E-state index is 3.85. The van der Waals surface area contributed by atoms with E-state index in [1.165, 1.54) is 44.5 Å². The fraction of sp³-hybridized carbons (Fsp3) is 0.267. The van der Waals surface area contributed by atoms with Crippen molar-refractivity contribution in [3.63, 3.8) is 0 Å². The van der Waals surface area contributed by atoms with Crippen molar-refractivity contribution in [2.45, 2.75) is 53.9 Å². The van der Waals surface area contributed by atoms with Crippen LogP contribution in [-0.2, 0) is 5.41 Å². The Morgan fingerprint density at radius 3 is 1.57 bits per heavy atom. The summed E-state index contributed by atoms with van der Waals surface area (Å²) in [7, 11) is 0. The zero-order chi connectivity index (χ0) is 22.3. The Morgan fingerprint density at radius 2 is 1.13 bits per heavy atom. The van der Waals surface area contributed by atoms with Gasteiger partial charge in [0, 0.05) is 0 Å². The minimum absolute atomic E-state index is 0.164. The standard InChI is InChI=1S/C26H24.2C2H6/c1-5-7-13-21-19(4)26(18(3)20(21)12-6-2)24-16-10-8-14-22(24)23-15-9-11-17-25(23)26;2*1-2/h5-17H,1H2,2-4H3;2*1-2H3/b12-6-,13-7-;;. The largest absolute Gasteiger partial charge is 0.0991 e. The number of fused-ring (bicyclic) bond motifs is 5. The molecule has 0 saturated heterocycles. The van der Waals surface area contributed by atoms with Crippen LogP contribution in [0.4, 0.5) is 0 Å². The van der Waals surface area contributed by atoms with Crippen molar-refractivity contribution in [3.05, 3.63) is 119 Å². The van der Waals surface area contributed by atoms with Gasteiger partial charge in [-0.3, -0.25) is 0 Å². The molecule has 0 saturated carbocycles. The number of benzene rings is 2. The van der Waals surface area contributed by atoms with Crippen LogP contribution in [0.1, 0.15) is 59.6 Å². The molecule has 0 N–H and O–H groups in total. The second kappa shape index (κ2) is 10.3. The summed E-state index contributed by atoms with van der Waals surface area (Å²) in [5.41, 5.74) is 10.8. The summed E-state index contributed by atoms with van der Waals surface area (Å²) in [6.07, 6.45) is 10.5. The van der Waals surface area contributed by atoms with Gasteiger partial charge in [-0.25, -0.2) is 0 Å². The Labute approximate surface area is 184 Å². The van der Waals surface area contributed by atoms with Crippen molar-refractivity contribution in [3.8, 4) is 11.1 Å². The molecule has 0 atom stereocenters. The van der Waals surface area contributed by atoms with E-state index in [1.807, 2.05) is 39.8 Å². The lowest BCUT2D eigenvalue weighted by molar-refractivity contribution is 0.740. The average Bonchev–Trinajstić information content (AvgIpc) is 3.22. The molecule has 0 radical (unpaired) electrons. The number of allylic oxidation sites excluding steroid dienone is 9. The fourth-order valence-electron chi connectivity index (χ4n) is 4.89. The van der Waals surface area contributed by atoms with Gasteiger partial charge >= 0.3 is 0 Å². The van der Waals surface area contributed by atoms with E-state index in [1.54, 1.807) is 0 Å². The molecule has 1 spiro atoms. The molecule has 2 aliphatic rings. The summed E-state index contributed by atoms with van der Waals surface area (Å²) in [5.74, 6) is 0. The summed E-state index contributed by atoms with van der Waals surface area (Å²) >= 11 is 0. The third-order valence-electron chi connectivity index (χ3n) is 5.91. The maximum Gasteiger partial charge on any atom is 0.0645 e. The minimum atomic E-state index is -0.164. The Bertz CT molecular complexity index is 976. The molecule has 0 amide bonds. The molecule has 2 aliphatic carbocycles. The van der Waals surface area contributed by atoms with Gasteiger partial charge in [0.15, 0.2) is 0 Å². The summed E-state index contributed by atoms with van der Waals surface area (Å²) in [5, 5.41) is 0. The highest BCUT2D eigenvalue weighted by Gasteiger charge is 2.50. The van der Waals surface area contributed by atoms with Crippen molar-refractivity contribution >= 4 is 0 Å². The van der Waals surface area contributed by atoms with Crippen LogP contribution < -0.4 is 0 Å². The van der Waals surface area contributed by atoms with E-state index in [0.717, 1.165) is 0 Å². The van der Waals surface area contributed by atoms with Crippen LogP contribution in [0.5, 0.6) is 0 Å². The lowest BCUT2D eigenvalue weighted by atomic mass is 9.70. The van der Waals surface area contributed by atoms with Gasteiger partial charge in [0.2, 0.25) is 0 Å². The lowest BCUT2D eigenvalue weighted by Crippen LogP contribution is -2.26. The zero-order valence-corrected chi connectivity index (χ0v) is 19.7. The molecule has 0 heteroatoms. The van der Waals surface area contributed by atoms with E-state index in [4.69, 9.17) is 0 Å². The highest BCUT2D eigenvalue weighted by Crippen LogP contribution is 2.61. The van der Waals surface area contributed by atoms with Crippen molar-refractivity contribution < 1.29 is 0 Å². The molecule has 0 aliphatic heterocycles. The van der Waals surface area contributed by atoms with Crippen molar-refractivity contribution in [2.24, 2.45) is 0 Å². The summed E-state index contributed by atoms with van der Waals surface area (Å²) < 4.78 is 0. The van der Waals surface area contributed by atoms with Crippen LogP contribution in [0, 0.1) is 0 Å². The quantitative estimate of drug-likeness (QED) is 0.454. The summed E-state index contributed by atoms with van der Waals surface area (Å²) in [6.45, 7) is 18.5. The van der Waals surface area contributed by atoms with Gasteiger partial charge < -0.3 is 0 Å². The molecule has 30 heavy (non-hydrogen) atoms. The van der Waals surface area contributed by atoms with Crippen LogP contribution in [-0.4, -0.2) is 0 Å². The molecule has 4 rings (SSSR count). The molecule has 0 heterocycles. The van der Waals surface area contributed by atoms with Gasteiger partial charge in [-0.2, -0.15) is 0 Å². The first-order chi connectivity index (χ1) is 14.7. The molecule has 0 bridgehead atoms. The normalized spacial score (nSPS) is 15.7. The minimum Gasteiger partial charge on any atom is -0.0991 e. The van der Waals surface area contributed by atoms with E-state index in [0.29, 0.717) is 0 Å². The molecule has 2 aromatic rings. The summed E-state index contributed by atoms with van der Waals surface area (Å²) in [6, 6.07) is 17.7. The van der Waals surface area contributed by atoms with Crippen LogP contribution >= 0.6 is 0 Å². The molecule has 0 aromatic heterocycles. The van der Waals surface area contributed by atoms with Gasteiger partial charge in [-0.1, -0.05) is 113 Å². The first-order valence-corrected chi connectivity index (χ1v) is 11.2. The number of hydrogen-bond acceptors (Lipinski definition) is 0. The first kappa shape index (κ1) is 23.4. The average molecular weight is 397 g/mol. The summed E-state index contributed by atoms with van der Waals surface area (Å²) in [4.78, 5) is 0. The van der Waals surface area contributed by atoms with Crippen LogP contribution in [0.25, 0.3) is 11.1 Å². The predicted molar refractivity (Wildman–Crippen MR) is 135 cm³/mol. The SMILES string of the molecule is C=C/C=C\C1=C(C)C2(C(C)=C1/C=C\C)c1ccccc1-c1ccccc12.CC.CC. The molecular formula is C30H36. The van der Waals surface area contributed by atoms with E-state index < -0.39 is 0 Å². The maximum atomic E-state index is 3.85. The first-order valence-electron chi connectivity index (χ1n) is 11.2. The second-order valence-corrected chi connectivity index (χ2v) is 7.01. The van der Waals surface area contributed by atoms with Gasteiger partial charge in [0.25, 0.3) is 0 Å². The molecule has 0 nitrogen and oxygen atoms in total. The van der Waals surface area contributed by atoms with E-state index in [-0.39, 0.29) is 5.41 Å². The van der Waals surface area contributed by atoms with Gasteiger partial charge in [-0.15, -0.1) is 0 Å². The molecule has 2 aromatic carbocycles. The zero-order valence-electron chi connectivity index (χ0n) is 19.7. The van der Waals surface area contributed by atoms with E-state index >= 15 is 0 Å². The predicted octanol–water partition coefficient (Wildman–Crippen LogP) is 8.97. The van der Waals surface area contributed by atoms with Crippen molar-refractivity contribution in [1.29, 1.82) is 0 Å². The number of hydrogen-bond donors (Lipinski definition) is 0. The van der Waals surface area contributed by atoms with Gasteiger partial charge in [0.1, 0.15) is 0 Å². The highest BCUT2D eigenvalue weighted by atomic mass is 14.5. The number of rotatable bonds is 3. The molecule has 156 valence electrons. The second-order valence-electron chi connectivity index (χ2n) is 7.01. The topological polar surface area (TPSA) is 0 Å². The highest BCUT2D eigenvalue weighted by molar-refractivity contribution is 5.88. The Kier molecular flexibility index (Phi) is 8.00. The van der Waals surface area contributed by atoms with Crippen LogP contribution in [0.3, 0.4) is 0 Å².